The minimum atomic E-state index is 0.299. The second kappa shape index (κ2) is 2.40. The summed E-state index contributed by atoms with van der Waals surface area (Å²) in [5, 5.41) is 6.86. The first-order valence-electron chi connectivity index (χ1n) is 2.62. The van der Waals surface area contributed by atoms with Crippen LogP contribution in [0, 0.1) is 11.3 Å². The first-order valence-corrected chi connectivity index (χ1v) is 2.62. The Hall–Kier alpha value is -0.920. The zero-order valence-corrected chi connectivity index (χ0v) is 4.54. The number of rotatable bonds is 1. The lowest BCUT2D eigenvalue weighted by Crippen LogP contribution is -1.99. The minimum Gasteiger partial charge on any atom is -0.312 e. The normalized spacial score (nSPS) is 25.8. The maximum atomic E-state index is 6.86. The number of hydrogen-bond donors (Lipinski definition) is 1. The molecule has 1 aliphatic heterocycles. The van der Waals surface area contributed by atoms with Crippen molar-refractivity contribution in [2.24, 2.45) is 10.9 Å². The molecule has 1 N–H and O–H groups in total. The molecule has 0 bridgehead atoms. The maximum Gasteiger partial charge on any atom is 0.0230 e. The van der Waals surface area contributed by atoms with E-state index in [9.17, 15) is 0 Å². The SMILES string of the molecule is N=CC1C=CN=CC1. The Kier molecular flexibility index (Phi) is 1.57. The van der Waals surface area contributed by atoms with E-state index in [2.05, 4.69) is 4.99 Å². The van der Waals surface area contributed by atoms with E-state index in [0.717, 1.165) is 6.42 Å². The number of nitrogens with one attached hydrogen (secondary N) is 1. The van der Waals surface area contributed by atoms with E-state index in [4.69, 9.17) is 5.41 Å². The van der Waals surface area contributed by atoms with Crippen LogP contribution in [0.25, 0.3) is 0 Å². The van der Waals surface area contributed by atoms with E-state index in [0.29, 0.717) is 5.92 Å². The third kappa shape index (κ3) is 1.03. The molecule has 0 aromatic rings. The zero-order chi connectivity index (χ0) is 5.82. The second-order valence-electron chi connectivity index (χ2n) is 1.74. The summed E-state index contributed by atoms with van der Waals surface area (Å²) in [6, 6.07) is 0. The molecule has 8 heavy (non-hydrogen) atoms. The van der Waals surface area contributed by atoms with Gasteiger partial charge >= 0.3 is 0 Å². The molecule has 0 aromatic heterocycles. The Morgan fingerprint density at radius 2 is 2.62 bits per heavy atom. The fourth-order valence-electron chi connectivity index (χ4n) is 0.606. The van der Waals surface area contributed by atoms with Crippen LogP contribution in [0.15, 0.2) is 17.3 Å². The van der Waals surface area contributed by atoms with Crippen molar-refractivity contribution in [2.45, 2.75) is 6.42 Å². The fraction of sp³-hybridized carbons (Fsp3) is 0.333. The lowest BCUT2D eigenvalue weighted by Gasteiger charge is -2.02. The lowest BCUT2D eigenvalue weighted by atomic mass is 10.1. The van der Waals surface area contributed by atoms with Crippen molar-refractivity contribution in [3.05, 3.63) is 12.3 Å². The highest BCUT2D eigenvalue weighted by atomic mass is 14.7. The van der Waals surface area contributed by atoms with Crippen molar-refractivity contribution >= 4 is 12.4 Å². The van der Waals surface area contributed by atoms with Gasteiger partial charge in [-0.3, -0.25) is 4.99 Å². The molecule has 0 aromatic carbocycles. The second-order valence-corrected chi connectivity index (χ2v) is 1.74. The van der Waals surface area contributed by atoms with E-state index >= 15 is 0 Å². The van der Waals surface area contributed by atoms with Gasteiger partial charge in [0, 0.05) is 24.5 Å². The van der Waals surface area contributed by atoms with Crippen molar-refractivity contribution < 1.29 is 0 Å². The molecular weight excluding hydrogens is 100 g/mol. The predicted molar refractivity (Wildman–Crippen MR) is 34.5 cm³/mol. The maximum absolute atomic E-state index is 6.86. The van der Waals surface area contributed by atoms with Gasteiger partial charge in [0.15, 0.2) is 0 Å². The third-order valence-electron chi connectivity index (χ3n) is 1.12. The lowest BCUT2D eigenvalue weighted by molar-refractivity contribution is 0.921. The summed E-state index contributed by atoms with van der Waals surface area (Å²) >= 11 is 0. The fourth-order valence-corrected chi connectivity index (χ4v) is 0.606. The van der Waals surface area contributed by atoms with Gasteiger partial charge in [-0.1, -0.05) is 6.08 Å². The molecule has 0 spiro atoms. The number of allylic oxidation sites excluding steroid dienone is 1. The quantitative estimate of drug-likeness (QED) is 0.491. The van der Waals surface area contributed by atoms with Crippen molar-refractivity contribution in [3.8, 4) is 0 Å². The molecule has 1 rings (SSSR count). The van der Waals surface area contributed by atoms with Gasteiger partial charge in [-0.15, -0.1) is 0 Å². The summed E-state index contributed by atoms with van der Waals surface area (Å²) in [5.74, 6) is 0.299. The van der Waals surface area contributed by atoms with Crippen LogP contribution in [-0.4, -0.2) is 12.4 Å². The first-order chi connectivity index (χ1) is 3.93. The summed E-state index contributed by atoms with van der Waals surface area (Å²) in [6.07, 6.45) is 7.81. The molecular formula is C6H8N2. The van der Waals surface area contributed by atoms with Gasteiger partial charge in [-0.25, -0.2) is 0 Å². The van der Waals surface area contributed by atoms with Crippen molar-refractivity contribution in [1.82, 2.24) is 0 Å². The minimum absolute atomic E-state index is 0.299. The molecule has 1 atom stereocenters. The van der Waals surface area contributed by atoms with Crippen LogP contribution in [-0.2, 0) is 0 Å². The first kappa shape index (κ1) is 5.22. The molecule has 0 radical (unpaired) electrons. The highest BCUT2D eigenvalue weighted by Gasteiger charge is 1.98. The van der Waals surface area contributed by atoms with E-state index in [1.54, 1.807) is 6.20 Å². The van der Waals surface area contributed by atoms with Gasteiger partial charge in [0.2, 0.25) is 0 Å². The van der Waals surface area contributed by atoms with Crippen molar-refractivity contribution in [1.29, 1.82) is 5.41 Å². The number of nitrogens with zero attached hydrogens (tertiary/aromatic N) is 1. The van der Waals surface area contributed by atoms with Crippen LogP contribution >= 0.6 is 0 Å². The average molecular weight is 108 g/mol. The Morgan fingerprint density at radius 3 is 3.00 bits per heavy atom. The standard InChI is InChI=1S/C6H8N2/c7-5-6-1-3-8-4-2-6/h1,3-7H,2H2. The van der Waals surface area contributed by atoms with Crippen molar-refractivity contribution in [3.63, 3.8) is 0 Å². The summed E-state index contributed by atoms with van der Waals surface area (Å²) in [6.45, 7) is 0. The van der Waals surface area contributed by atoms with Gasteiger partial charge in [0.05, 0.1) is 0 Å². The smallest absolute Gasteiger partial charge is 0.0230 e. The Morgan fingerprint density at radius 1 is 1.75 bits per heavy atom. The highest BCUT2D eigenvalue weighted by molar-refractivity contribution is 5.70. The third-order valence-corrected chi connectivity index (χ3v) is 1.12. The van der Waals surface area contributed by atoms with Crippen LogP contribution in [0.4, 0.5) is 0 Å². The van der Waals surface area contributed by atoms with Crippen LogP contribution in [0.2, 0.25) is 0 Å². The molecule has 1 unspecified atom stereocenters. The monoisotopic (exact) mass is 108 g/mol. The summed E-state index contributed by atoms with van der Waals surface area (Å²) in [5.41, 5.74) is 0. The molecule has 0 fully saturated rings. The van der Waals surface area contributed by atoms with Crippen molar-refractivity contribution in [2.75, 3.05) is 0 Å². The topological polar surface area (TPSA) is 36.2 Å². The van der Waals surface area contributed by atoms with E-state index in [-0.39, 0.29) is 0 Å². The molecule has 1 aliphatic rings. The Labute approximate surface area is 48.4 Å². The highest BCUT2D eigenvalue weighted by Crippen LogP contribution is 2.03. The van der Waals surface area contributed by atoms with Gasteiger partial charge in [0.1, 0.15) is 0 Å². The van der Waals surface area contributed by atoms with Crippen LogP contribution in [0.5, 0.6) is 0 Å². The average Bonchev–Trinajstić information content (AvgIpc) is 1.90. The van der Waals surface area contributed by atoms with E-state index in [1.807, 2.05) is 12.3 Å². The summed E-state index contributed by atoms with van der Waals surface area (Å²) < 4.78 is 0. The Balaban J connectivity index is 2.51. The molecule has 2 heteroatoms. The van der Waals surface area contributed by atoms with Crippen LogP contribution in [0.1, 0.15) is 6.42 Å². The van der Waals surface area contributed by atoms with Gasteiger partial charge in [0.25, 0.3) is 0 Å². The molecule has 0 saturated carbocycles. The van der Waals surface area contributed by atoms with Crippen LogP contribution < -0.4 is 0 Å². The molecule has 2 nitrogen and oxygen atoms in total. The van der Waals surface area contributed by atoms with Gasteiger partial charge in [-0.05, 0) is 6.42 Å². The van der Waals surface area contributed by atoms with Crippen LogP contribution in [0.3, 0.4) is 0 Å². The molecule has 1 heterocycles. The summed E-state index contributed by atoms with van der Waals surface area (Å²) in [4.78, 5) is 3.87. The largest absolute Gasteiger partial charge is 0.312 e. The predicted octanol–water partition coefficient (Wildman–Crippen LogP) is 1.24. The number of hydrogen-bond acceptors (Lipinski definition) is 2. The molecule has 0 amide bonds. The number of aliphatic imine (C=N–C) groups is 1. The van der Waals surface area contributed by atoms with E-state index < -0.39 is 0 Å². The molecule has 0 aliphatic carbocycles. The van der Waals surface area contributed by atoms with Gasteiger partial charge in [-0.2, -0.15) is 0 Å². The van der Waals surface area contributed by atoms with E-state index in [1.165, 1.54) is 6.21 Å². The summed E-state index contributed by atoms with van der Waals surface area (Å²) in [7, 11) is 0. The molecule has 42 valence electrons. The van der Waals surface area contributed by atoms with Gasteiger partial charge < -0.3 is 5.41 Å². The zero-order valence-electron chi connectivity index (χ0n) is 4.54. The Bertz CT molecular complexity index is 135. The molecule has 0 saturated heterocycles.